The third-order valence-corrected chi connectivity index (χ3v) is 3.77. The molecule has 9 heteroatoms. The van der Waals surface area contributed by atoms with Crippen LogP contribution in [0, 0.1) is 11.7 Å². The third kappa shape index (κ3) is 5.98. The number of nitrogens with one attached hydrogen (secondary N) is 2. The molecule has 2 amide bonds. The second-order valence-corrected chi connectivity index (χ2v) is 5.95. The second-order valence-electron chi connectivity index (χ2n) is 5.95. The number of hydrogen-bond acceptors (Lipinski definition) is 3. The first kappa shape index (κ1) is 20.2. The van der Waals surface area contributed by atoms with E-state index in [0.717, 1.165) is 6.20 Å². The highest BCUT2D eigenvalue weighted by Gasteiger charge is 2.16. The number of carbonyl (C=O) groups is 2. The third-order valence-electron chi connectivity index (χ3n) is 3.77. The number of carbonyl (C=O) groups excluding carboxylic acids is 2. The van der Waals surface area contributed by atoms with E-state index in [4.69, 9.17) is 0 Å². The van der Waals surface area contributed by atoms with Crippen LogP contribution in [0.3, 0.4) is 0 Å². The number of anilines is 1. The fourth-order valence-electron chi connectivity index (χ4n) is 2.18. The Labute approximate surface area is 154 Å². The highest BCUT2D eigenvalue weighted by Crippen LogP contribution is 2.15. The molecule has 0 saturated heterocycles. The van der Waals surface area contributed by atoms with Crippen molar-refractivity contribution in [3.8, 4) is 0 Å². The zero-order valence-electron chi connectivity index (χ0n) is 14.6. The molecule has 2 aromatic rings. The van der Waals surface area contributed by atoms with Gasteiger partial charge in [-0.25, -0.2) is 9.07 Å². The summed E-state index contributed by atoms with van der Waals surface area (Å²) in [5.41, 5.74) is 0.668. The molecule has 0 fully saturated rings. The lowest BCUT2D eigenvalue weighted by Gasteiger charge is -2.13. The number of nitrogens with zero attached hydrogens (tertiary/aromatic N) is 2. The van der Waals surface area contributed by atoms with Crippen LogP contribution in [0.2, 0.25) is 0 Å². The summed E-state index contributed by atoms with van der Waals surface area (Å²) in [5.74, 6) is -1.69. The summed E-state index contributed by atoms with van der Waals surface area (Å²) in [5, 5.41) is 8.60. The van der Waals surface area contributed by atoms with E-state index in [1.807, 2.05) is 0 Å². The Morgan fingerprint density at radius 1 is 1.22 bits per heavy atom. The van der Waals surface area contributed by atoms with E-state index in [-0.39, 0.29) is 17.5 Å². The van der Waals surface area contributed by atoms with Gasteiger partial charge in [0.05, 0.1) is 0 Å². The molecule has 1 aromatic heterocycles. The van der Waals surface area contributed by atoms with Crippen molar-refractivity contribution >= 4 is 17.5 Å². The lowest BCUT2D eigenvalue weighted by molar-refractivity contribution is -0.119. The van der Waals surface area contributed by atoms with Gasteiger partial charge in [-0.15, -0.1) is 0 Å². The summed E-state index contributed by atoms with van der Waals surface area (Å²) in [6, 6.07) is 6.57. The summed E-state index contributed by atoms with van der Waals surface area (Å²) >= 11 is 0. The Morgan fingerprint density at radius 2 is 1.89 bits per heavy atom. The van der Waals surface area contributed by atoms with Crippen LogP contribution in [0.5, 0.6) is 0 Å². The molecule has 1 atom stereocenters. The summed E-state index contributed by atoms with van der Waals surface area (Å²) in [4.78, 5) is 24.1. The van der Waals surface area contributed by atoms with Crippen molar-refractivity contribution in [3.63, 3.8) is 0 Å². The highest BCUT2D eigenvalue weighted by atomic mass is 19.3. The molecule has 0 radical (unpaired) electrons. The van der Waals surface area contributed by atoms with Crippen molar-refractivity contribution in [1.29, 1.82) is 0 Å². The number of allylic oxidation sites excluding steroid dienone is 1. The van der Waals surface area contributed by atoms with Gasteiger partial charge in [-0.2, -0.15) is 13.9 Å². The molecule has 1 unspecified atom stereocenters. The normalized spacial score (nSPS) is 11.9. The number of aromatic nitrogens is 2. The molecule has 0 spiro atoms. The minimum atomic E-state index is -2.82. The number of alkyl halides is 2. The SMILES string of the molecule is C=C(CCC(C)C(=O)Nc1ccc(F)cc1)NC(=O)c1ccn(C(F)F)n1. The van der Waals surface area contributed by atoms with Crippen molar-refractivity contribution < 1.29 is 22.8 Å². The van der Waals surface area contributed by atoms with E-state index < -0.39 is 18.3 Å². The number of hydrogen-bond donors (Lipinski definition) is 2. The second kappa shape index (κ2) is 9.02. The smallest absolute Gasteiger partial charge is 0.326 e. The molecule has 0 aliphatic heterocycles. The first-order valence-corrected chi connectivity index (χ1v) is 8.15. The molecule has 0 bridgehead atoms. The van der Waals surface area contributed by atoms with E-state index in [2.05, 4.69) is 22.3 Å². The van der Waals surface area contributed by atoms with Crippen LogP contribution < -0.4 is 10.6 Å². The maximum atomic E-state index is 12.9. The van der Waals surface area contributed by atoms with E-state index in [1.54, 1.807) is 6.92 Å². The maximum Gasteiger partial charge on any atom is 0.333 e. The van der Waals surface area contributed by atoms with E-state index >= 15 is 0 Å². The number of amides is 2. The van der Waals surface area contributed by atoms with Crippen LogP contribution in [0.4, 0.5) is 18.9 Å². The Bertz CT molecular complexity index is 818. The van der Waals surface area contributed by atoms with Crippen LogP contribution >= 0.6 is 0 Å². The van der Waals surface area contributed by atoms with Gasteiger partial charge in [0, 0.05) is 23.5 Å². The summed E-state index contributed by atoms with van der Waals surface area (Å²) in [6.07, 6.45) is 1.72. The zero-order chi connectivity index (χ0) is 20.0. The summed E-state index contributed by atoms with van der Waals surface area (Å²) < 4.78 is 38.2. The predicted octanol–water partition coefficient (Wildman–Crippen LogP) is 3.72. The predicted molar refractivity (Wildman–Crippen MR) is 93.5 cm³/mol. The van der Waals surface area contributed by atoms with Crippen molar-refractivity contribution in [2.45, 2.75) is 26.3 Å². The molecule has 1 aromatic carbocycles. The van der Waals surface area contributed by atoms with Crippen molar-refractivity contribution in [2.75, 3.05) is 5.32 Å². The van der Waals surface area contributed by atoms with Gasteiger partial charge in [-0.3, -0.25) is 9.59 Å². The van der Waals surface area contributed by atoms with Gasteiger partial charge >= 0.3 is 6.55 Å². The lowest BCUT2D eigenvalue weighted by atomic mass is 10.0. The highest BCUT2D eigenvalue weighted by molar-refractivity contribution is 5.93. The standard InChI is InChI=1S/C18H19F3N4O2/c1-11(16(26)23-14-7-5-13(19)6-8-14)3-4-12(2)22-17(27)15-9-10-25(24-15)18(20)21/h5-11,18H,2-4H2,1H3,(H,22,27)(H,23,26). The molecule has 0 saturated carbocycles. The van der Waals surface area contributed by atoms with Gasteiger partial charge in [0.1, 0.15) is 5.82 Å². The summed E-state index contributed by atoms with van der Waals surface area (Å²) in [6.45, 7) is 2.58. The fraction of sp³-hybridized carbons (Fsp3) is 0.278. The zero-order valence-corrected chi connectivity index (χ0v) is 14.6. The van der Waals surface area contributed by atoms with Gasteiger partial charge < -0.3 is 10.6 Å². The van der Waals surface area contributed by atoms with Gasteiger partial charge in [-0.1, -0.05) is 13.5 Å². The van der Waals surface area contributed by atoms with Crippen LogP contribution in [0.25, 0.3) is 0 Å². The molecule has 0 aliphatic rings. The average Bonchev–Trinajstić information content (AvgIpc) is 3.12. The van der Waals surface area contributed by atoms with Crippen molar-refractivity contribution in [3.05, 3.63) is 60.3 Å². The maximum absolute atomic E-state index is 12.9. The summed E-state index contributed by atoms with van der Waals surface area (Å²) in [7, 11) is 0. The molecule has 2 rings (SSSR count). The van der Waals surface area contributed by atoms with Crippen LogP contribution in [0.15, 0.2) is 48.8 Å². The minimum Gasteiger partial charge on any atom is -0.326 e. The molecular weight excluding hydrogens is 361 g/mol. The van der Waals surface area contributed by atoms with Crippen molar-refractivity contribution in [1.82, 2.24) is 15.1 Å². The van der Waals surface area contributed by atoms with Crippen LogP contribution in [-0.4, -0.2) is 21.6 Å². The van der Waals surface area contributed by atoms with E-state index in [0.29, 0.717) is 28.9 Å². The Kier molecular flexibility index (Phi) is 6.75. The molecule has 1 heterocycles. The quantitative estimate of drug-likeness (QED) is 0.733. The van der Waals surface area contributed by atoms with Crippen LogP contribution in [-0.2, 0) is 4.79 Å². The first-order chi connectivity index (χ1) is 12.8. The molecule has 0 aliphatic carbocycles. The topological polar surface area (TPSA) is 76.0 Å². The first-order valence-electron chi connectivity index (χ1n) is 8.15. The Hall–Kier alpha value is -3.10. The van der Waals surface area contributed by atoms with Crippen molar-refractivity contribution in [2.24, 2.45) is 5.92 Å². The average molecular weight is 380 g/mol. The molecule has 6 nitrogen and oxygen atoms in total. The largest absolute Gasteiger partial charge is 0.333 e. The molecule has 2 N–H and O–H groups in total. The number of halogens is 3. The van der Waals surface area contributed by atoms with Gasteiger partial charge in [0.2, 0.25) is 5.91 Å². The van der Waals surface area contributed by atoms with E-state index in [1.165, 1.54) is 30.3 Å². The Morgan fingerprint density at radius 3 is 2.48 bits per heavy atom. The fourth-order valence-corrected chi connectivity index (χ4v) is 2.18. The minimum absolute atomic E-state index is 0.154. The van der Waals surface area contributed by atoms with Gasteiger partial charge in [-0.05, 0) is 43.2 Å². The lowest BCUT2D eigenvalue weighted by Crippen LogP contribution is -2.25. The number of rotatable bonds is 8. The molecule has 27 heavy (non-hydrogen) atoms. The molecule has 144 valence electrons. The van der Waals surface area contributed by atoms with E-state index in [9.17, 15) is 22.8 Å². The monoisotopic (exact) mass is 380 g/mol. The number of benzene rings is 1. The van der Waals surface area contributed by atoms with Gasteiger partial charge in [0.15, 0.2) is 5.69 Å². The van der Waals surface area contributed by atoms with Gasteiger partial charge in [0.25, 0.3) is 5.91 Å². The van der Waals surface area contributed by atoms with Crippen LogP contribution in [0.1, 0.15) is 36.8 Å². The molecular formula is C18H19F3N4O2. The Balaban J connectivity index is 1.78.